The number of alkyl halides is 2. The maximum absolute atomic E-state index is 12.8. The highest BCUT2D eigenvalue weighted by atomic mass is 79.9. The van der Waals surface area contributed by atoms with Crippen LogP contribution >= 0.6 is 15.9 Å². The summed E-state index contributed by atoms with van der Waals surface area (Å²) in [5.74, 6) is 0.197. The third kappa shape index (κ3) is 4.27. The van der Waals surface area contributed by atoms with E-state index in [4.69, 9.17) is 9.47 Å². The van der Waals surface area contributed by atoms with Gasteiger partial charge in [0.25, 0.3) is 6.43 Å². The van der Waals surface area contributed by atoms with Gasteiger partial charge in [0.1, 0.15) is 11.3 Å². The molecule has 0 saturated heterocycles. The fourth-order valence-electron chi connectivity index (χ4n) is 3.97. The SMILES string of the molecule is CC(C)(C)OC(=O)NC12CC(CCOc3cc(Br)cc(C(F)F)n3)(C1)C2. The average molecular weight is 433 g/mol. The fraction of sp³-hybridized carbons (Fsp3) is 0.667. The molecule has 1 N–H and O–H groups in total. The van der Waals surface area contributed by atoms with Crippen molar-refractivity contribution in [1.29, 1.82) is 0 Å². The summed E-state index contributed by atoms with van der Waals surface area (Å²) in [7, 11) is 0. The second-order valence-electron chi connectivity index (χ2n) is 8.39. The van der Waals surface area contributed by atoms with Crippen LogP contribution in [0.15, 0.2) is 16.6 Å². The molecule has 1 aromatic heterocycles. The molecule has 3 saturated carbocycles. The molecule has 0 spiro atoms. The Balaban J connectivity index is 1.43. The Hall–Kier alpha value is -1.44. The second-order valence-corrected chi connectivity index (χ2v) is 9.30. The maximum atomic E-state index is 12.8. The molecule has 0 radical (unpaired) electrons. The zero-order valence-corrected chi connectivity index (χ0v) is 16.7. The molecule has 0 aliphatic heterocycles. The normalized spacial score (nSPS) is 26.7. The lowest BCUT2D eigenvalue weighted by Gasteiger charge is -2.70. The molecular weight excluding hydrogens is 410 g/mol. The lowest BCUT2D eigenvalue weighted by molar-refractivity contribution is -0.160. The van der Waals surface area contributed by atoms with Crippen LogP contribution in [-0.2, 0) is 4.74 Å². The van der Waals surface area contributed by atoms with Gasteiger partial charge in [0, 0.05) is 16.1 Å². The van der Waals surface area contributed by atoms with Gasteiger partial charge in [0.15, 0.2) is 0 Å². The Kier molecular flexibility index (Phi) is 4.92. The molecule has 144 valence electrons. The van der Waals surface area contributed by atoms with Gasteiger partial charge in [-0.25, -0.2) is 18.6 Å². The number of carbonyl (C=O) groups excluding carboxylic acids is 1. The number of amides is 1. The molecule has 0 unspecified atom stereocenters. The van der Waals surface area contributed by atoms with Gasteiger partial charge in [-0.3, -0.25) is 0 Å². The van der Waals surface area contributed by atoms with Crippen LogP contribution in [0.5, 0.6) is 5.88 Å². The number of ether oxygens (including phenoxy) is 2. The Morgan fingerprint density at radius 2 is 2.00 bits per heavy atom. The standard InChI is InChI=1S/C18H23BrF2N2O3/c1-16(2,3)26-15(24)23-18-8-17(9-18,10-18)4-5-25-13-7-11(19)6-12(22-13)14(20)21/h6-7,14H,4-5,8-10H2,1-3H3,(H,23,24). The van der Waals surface area contributed by atoms with Crippen LogP contribution < -0.4 is 10.1 Å². The van der Waals surface area contributed by atoms with Gasteiger partial charge in [-0.05, 0) is 57.9 Å². The molecule has 3 aliphatic carbocycles. The summed E-state index contributed by atoms with van der Waals surface area (Å²) >= 11 is 3.19. The quantitative estimate of drug-likeness (QED) is 0.686. The Morgan fingerprint density at radius 1 is 1.35 bits per heavy atom. The predicted molar refractivity (Wildman–Crippen MR) is 95.4 cm³/mol. The monoisotopic (exact) mass is 432 g/mol. The molecule has 3 aliphatic rings. The number of halogens is 3. The van der Waals surface area contributed by atoms with E-state index in [0.717, 1.165) is 25.7 Å². The third-order valence-corrected chi connectivity index (χ3v) is 5.26. The Bertz CT molecular complexity index is 686. The summed E-state index contributed by atoms with van der Waals surface area (Å²) in [6.07, 6.45) is 0.499. The van der Waals surface area contributed by atoms with Gasteiger partial charge in [-0.15, -0.1) is 0 Å². The fourth-order valence-corrected chi connectivity index (χ4v) is 4.40. The molecule has 8 heteroatoms. The summed E-state index contributed by atoms with van der Waals surface area (Å²) in [6.45, 7) is 5.92. The van der Waals surface area contributed by atoms with Gasteiger partial charge >= 0.3 is 6.09 Å². The predicted octanol–water partition coefficient (Wildman–Crippen LogP) is 5.00. The summed E-state index contributed by atoms with van der Waals surface area (Å²) in [4.78, 5) is 15.7. The molecule has 3 fully saturated rings. The number of aromatic nitrogens is 1. The molecule has 1 heterocycles. The van der Waals surface area contributed by atoms with Gasteiger partial charge in [-0.1, -0.05) is 15.9 Å². The van der Waals surface area contributed by atoms with Crippen LogP contribution in [0.2, 0.25) is 0 Å². The van der Waals surface area contributed by atoms with E-state index in [2.05, 4.69) is 26.2 Å². The highest BCUT2D eigenvalue weighted by Gasteiger charge is 2.68. The van der Waals surface area contributed by atoms with Gasteiger partial charge < -0.3 is 14.8 Å². The molecule has 1 aromatic rings. The average Bonchev–Trinajstić information content (AvgIpc) is 2.40. The van der Waals surface area contributed by atoms with E-state index in [-0.39, 0.29) is 28.6 Å². The van der Waals surface area contributed by atoms with Gasteiger partial charge in [0.2, 0.25) is 5.88 Å². The number of hydrogen-bond acceptors (Lipinski definition) is 4. The third-order valence-electron chi connectivity index (χ3n) is 4.80. The van der Waals surface area contributed by atoms with Crippen LogP contribution in [0.25, 0.3) is 0 Å². The number of nitrogens with zero attached hydrogens (tertiary/aromatic N) is 1. The number of hydrogen-bond donors (Lipinski definition) is 1. The molecule has 0 aromatic carbocycles. The molecular formula is C18H23BrF2N2O3. The van der Waals surface area contributed by atoms with Crippen LogP contribution in [0, 0.1) is 5.41 Å². The number of carbonyl (C=O) groups is 1. The second kappa shape index (κ2) is 6.62. The van der Waals surface area contributed by atoms with Gasteiger partial charge in [0.05, 0.1) is 6.61 Å². The molecule has 0 atom stereocenters. The van der Waals surface area contributed by atoms with Crippen molar-refractivity contribution in [3.05, 3.63) is 22.3 Å². The van der Waals surface area contributed by atoms with Crippen LogP contribution in [-0.4, -0.2) is 28.8 Å². The van der Waals surface area contributed by atoms with E-state index in [1.807, 2.05) is 20.8 Å². The molecule has 26 heavy (non-hydrogen) atoms. The van der Waals surface area contributed by atoms with Crippen molar-refractivity contribution in [3.63, 3.8) is 0 Å². The lowest BCUT2D eigenvalue weighted by atomic mass is 9.38. The first kappa shape index (κ1) is 19.3. The highest BCUT2D eigenvalue weighted by Crippen LogP contribution is 2.68. The van der Waals surface area contributed by atoms with E-state index in [0.29, 0.717) is 11.1 Å². The zero-order valence-electron chi connectivity index (χ0n) is 15.1. The number of nitrogens with one attached hydrogen (secondary N) is 1. The highest BCUT2D eigenvalue weighted by molar-refractivity contribution is 9.10. The minimum absolute atomic E-state index is 0.140. The minimum Gasteiger partial charge on any atom is -0.478 e. The van der Waals surface area contributed by atoms with Crippen molar-refractivity contribution < 1.29 is 23.0 Å². The minimum atomic E-state index is -2.63. The topological polar surface area (TPSA) is 60.5 Å². The lowest BCUT2D eigenvalue weighted by Crippen LogP contribution is -2.75. The first-order valence-corrected chi connectivity index (χ1v) is 9.39. The smallest absolute Gasteiger partial charge is 0.408 e. The summed E-state index contributed by atoms with van der Waals surface area (Å²) in [5.41, 5.74) is -0.778. The first-order chi connectivity index (χ1) is 12.0. The van der Waals surface area contributed by atoms with E-state index in [1.54, 1.807) is 6.07 Å². The summed E-state index contributed by atoms with van der Waals surface area (Å²) in [6, 6.07) is 2.87. The van der Waals surface area contributed by atoms with Crippen LogP contribution in [0.1, 0.15) is 58.6 Å². The summed E-state index contributed by atoms with van der Waals surface area (Å²) < 4.78 is 36.9. The van der Waals surface area contributed by atoms with E-state index >= 15 is 0 Å². The Labute approximate surface area is 160 Å². The van der Waals surface area contributed by atoms with Crippen molar-refractivity contribution in [2.45, 2.75) is 64.0 Å². The molecule has 5 nitrogen and oxygen atoms in total. The Morgan fingerprint density at radius 3 is 2.58 bits per heavy atom. The first-order valence-electron chi connectivity index (χ1n) is 8.60. The van der Waals surface area contributed by atoms with E-state index < -0.39 is 12.0 Å². The zero-order chi connectivity index (χ0) is 19.2. The maximum Gasteiger partial charge on any atom is 0.408 e. The number of alkyl carbamates (subject to hydrolysis) is 1. The number of pyridine rings is 1. The van der Waals surface area contributed by atoms with Crippen LogP contribution in [0.3, 0.4) is 0 Å². The van der Waals surface area contributed by atoms with Crippen molar-refractivity contribution >= 4 is 22.0 Å². The van der Waals surface area contributed by atoms with Gasteiger partial charge in [-0.2, -0.15) is 0 Å². The van der Waals surface area contributed by atoms with Crippen LogP contribution in [0.4, 0.5) is 13.6 Å². The van der Waals surface area contributed by atoms with Crippen molar-refractivity contribution in [2.24, 2.45) is 5.41 Å². The largest absolute Gasteiger partial charge is 0.478 e. The number of rotatable bonds is 6. The molecule has 1 amide bonds. The van der Waals surface area contributed by atoms with Crippen molar-refractivity contribution in [1.82, 2.24) is 10.3 Å². The van der Waals surface area contributed by atoms with Crippen molar-refractivity contribution in [3.8, 4) is 5.88 Å². The van der Waals surface area contributed by atoms with Crippen molar-refractivity contribution in [2.75, 3.05) is 6.61 Å². The molecule has 2 bridgehead atoms. The van der Waals surface area contributed by atoms with E-state index in [9.17, 15) is 13.6 Å². The summed E-state index contributed by atoms with van der Waals surface area (Å²) in [5, 5.41) is 2.97. The molecule has 4 rings (SSSR count). The van der Waals surface area contributed by atoms with E-state index in [1.165, 1.54) is 6.07 Å².